The smallest absolute Gasteiger partial charge is 0.308 e. The highest BCUT2D eigenvalue weighted by Crippen LogP contribution is 2.33. The number of benzene rings is 2. The van der Waals surface area contributed by atoms with E-state index >= 15 is 0 Å². The minimum atomic E-state index is -0.962. The molecule has 1 unspecified atom stereocenters. The van der Waals surface area contributed by atoms with Gasteiger partial charge in [0.2, 0.25) is 0 Å². The number of carbonyl (C=O) groups excluding carboxylic acids is 1. The predicted octanol–water partition coefficient (Wildman–Crippen LogP) is 3.43. The van der Waals surface area contributed by atoms with E-state index in [1.54, 1.807) is 4.90 Å². The van der Waals surface area contributed by atoms with Crippen molar-refractivity contribution in [2.75, 3.05) is 23.3 Å². The number of hydrogen-bond acceptors (Lipinski definition) is 5. The van der Waals surface area contributed by atoms with Crippen LogP contribution in [0, 0.1) is 27.7 Å². The number of nitrogens with one attached hydrogen (secondary N) is 1. The first kappa shape index (κ1) is 20.2. The van der Waals surface area contributed by atoms with E-state index in [-0.39, 0.29) is 29.2 Å². The summed E-state index contributed by atoms with van der Waals surface area (Å²) in [6.07, 6.45) is 1.06. The molecule has 1 atom stereocenters. The van der Waals surface area contributed by atoms with E-state index < -0.39 is 34.4 Å². The number of carboxylic acids is 1. The molecule has 0 aromatic heterocycles. The van der Waals surface area contributed by atoms with E-state index in [1.165, 1.54) is 12.1 Å². The molecule has 2 aromatic carbocycles. The van der Waals surface area contributed by atoms with Crippen molar-refractivity contribution in [2.24, 2.45) is 5.92 Å². The molecule has 29 heavy (non-hydrogen) atoms. The van der Waals surface area contributed by atoms with Crippen molar-refractivity contribution in [1.29, 1.82) is 0 Å². The Hall–Kier alpha value is -3.56. The molecule has 10 heteroatoms. The molecular weight excluding hydrogens is 388 g/mol. The average Bonchev–Trinajstić information content (AvgIpc) is 2.66. The predicted molar refractivity (Wildman–Crippen MR) is 100.0 cm³/mol. The molecule has 1 amide bonds. The van der Waals surface area contributed by atoms with E-state index in [4.69, 9.17) is 0 Å². The number of nitrogens with zero attached hydrogens (tertiary/aromatic N) is 2. The lowest BCUT2D eigenvalue weighted by Crippen LogP contribution is -2.39. The quantitative estimate of drug-likeness (QED) is 0.582. The average molecular weight is 405 g/mol. The second-order valence-electron chi connectivity index (χ2n) is 6.70. The number of amides is 1. The highest BCUT2D eigenvalue weighted by atomic mass is 19.1. The third kappa shape index (κ3) is 4.65. The molecule has 1 heterocycles. The van der Waals surface area contributed by atoms with Gasteiger partial charge in [0.1, 0.15) is 17.3 Å². The Morgan fingerprint density at radius 1 is 1.17 bits per heavy atom. The highest BCUT2D eigenvalue weighted by Gasteiger charge is 2.29. The third-order valence-corrected chi connectivity index (χ3v) is 4.67. The fourth-order valence-corrected chi connectivity index (χ4v) is 3.31. The van der Waals surface area contributed by atoms with E-state index in [2.05, 4.69) is 5.32 Å². The molecule has 0 bridgehead atoms. The normalized spacial score (nSPS) is 16.3. The monoisotopic (exact) mass is 405 g/mol. The summed E-state index contributed by atoms with van der Waals surface area (Å²) in [5.74, 6) is -4.11. The lowest BCUT2D eigenvalue weighted by Gasteiger charge is -2.32. The molecule has 8 nitrogen and oxygen atoms in total. The summed E-state index contributed by atoms with van der Waals surface area (Å²) in [7, 11) is 0. The van der Waals surface area contributed by atoms with Crippen LogP contribution in [0.1, 0.15) is 23.2 Å². The second-order valence-corrected chi connectivity index (χ2v) is 6.70. The van der Waals surface area contributed by atoms with Gasteiger partial charge < -0.3 is 15.3 Å². The zero-order valence-corrected chi connectivity index (χ0v) is 15.1. The van der Waals surface area contributed by atoms with Gasteiger partial charge in [-0.25, -0.2) is 8.78 Å². The SMILES string of the molecule is O=C(Nc1cc(F)cc(F)c1)c1ccc(N2CCCC(C(=O)O)C2)c([N+](=O)[O-])c1. The van der Waals surface area contributed by atoms with Gasteiger partial charge in [-0.15, -0.1) is 0 Å². The van der Waals surface area contributed by atoms with Gasteiger partial charge in [-0.3, -0.25) is 19.7 Å². The van der Waals surface area contributed by atoms with Crippen molar-refractivity contribution in [1.82, 2.24) is 0 Å². The van der Waals surface area contributed by atoms with Crippen LogP contribution in [0.4, 0.5) is 25.8 Å². The molecule has 1 saturated heterocycles. The minimum Gasteiger partial charge on any atom is -0.481 e. The summed E-state index contributed by atoms with van der Waals surface area (Å²) in [6, 6.07) is 6.28. The molecule has 2 aromatic rings. The van der Waals surface area contributed by atoms with Gasteiger partial charge in [-0.05, 0) is 37.1 Å². The number of hydrogen-bond donors (Lipinski definition) is 2. The fourth-order valence-electron chi connectivity index (χ4n) is 3.31. The summed E-state index contributed by atoms with van der Waals surface area (Å²) in [5, 5.41) is 23.0. The van der Waals surface area contributed by atoms with Gasteiger partial charge >= 0.3 is 5.97 Å². The van der Waals surface area contributed by atoms with Crippen molar-refractivity contribution < 1.29 is 28.4 Å². The van der Waals surface area contributed by atoms with Crippen LogP contribution in [0.15, 0.2) is 36.4 Å². The number of aliphatic carboxylic acids is 1. The first-order valence-electron chi connectivity index (χ1n) is 8.78. The van der Waals surface area contributed by atoms with Gasteiger partial charge in [0, 0.05) is 36.5 Å². The number of halogens is 2. The van der Waals surface area contributed by atoms with E-state index in [0.717, 1.165) is 18.2 Å². The molecule has 0 radical (unpaired) electrons. The van der Waals surface area contributed by atoms with Gasteiger partial charge in [0.25, 0.3) is 11.6 Å². The molecule has 1 fully saturated rings. The summed E-state index contributed by atoms with van der Waals surface area (Å²) >= 11 is 0. The number of anilines is 2. The van der Waals surface area contributed by atoms with Crippen molar-refractivity contribution in [3.05, 3.63) is 63.7 Å². The zero-order chi connectivity index (χ0) is 21.1. The lowest BCUT2D eigenvalue weighted by atomic mass is 9.97. The van der Waals surface area contributed by atoms with Crippen molar-refractivity contribution in [3.8, 4) is 0 Å². The summed E-state index contributed by atoms with van der Waals surface area (Å²) in [6.45, 7) is 0.586. The van der Waals surface area contributed by atoms with Crippen LogP contribution < -0.4 is 10.2 Å². The van der Waals surface area contributed by atoms with Gasteiger partial charge in [-0.2, -0.15) is 0 Å². The topological polar surface area (TPSA) is 113 Å². The minimum absolute atomic E-state index is 0.0723. The maximum absolute atomic E-state index is 13.3. The Kier molecular flexibility index (Phi) is 5.71. The van der Waals surface area contributed by atoms with Crippen LogP contribution >= 0.6 is 0 Å². The van der Waals surface area contributed by atoms with E-state index in [9.17, 15) is 33.6 Å². The Morgan fingerprint density at radius 3 is 2.48 bits per heavy atom. The molecule has 1 aliphatic rings. The Morgan fingerprint density at radius 2 is 1.86 bits per heavy atom. The van der Waals surface area contributed by atoms with Gasteiger partial charge in [0.15, 0.2) is 0 Å². The Balaban J connectivity index is 1.86. The molecule has 0 aliphatic carbocycles. The lowest BCUT2D eigenvalue weighted by molar-refractivity contribution is -0.384. The van der Waals surface area contributed by atoms with Crippen LogP contribution in [0.3, 0.4) is 0 Å². The molecule has 1 aliphatic heterocycles. The van der Waals surface area contributed by atoms with Crippen molar-refractivity contribution in [2.45, 2.75) is 12.8 Å². The molecule has 152 valence electrons. The number of nitro benzene ring substituents is 1. The largest absolute Gasteiger partial charge is 0.481 e. The maximum Gasteiger partial charge on any atom is 0.308 e. The highest BCUT2D eigenvalue weighted by molar-refractivity contribution is 6.05. The summed E-state index contributed by atoms with van der Waals surface area (Å²) < 4.78 is 26.5. The van der Waals surface area contributed by atoms with E-state index in [0.29, 0.717) is 25.5 Å². The van der Waals surface area contributed by atoms with Crippen LogP contribution in [-0.4, -0.2) is 35.0 Å². The summed E-state index contributed by atoms with van der Waals surface area (Å²) in [4.78, 5) is 36.1. The van der Waals surface area contributed by atoms with Crippen LogP contribution in [0.25, 0.3) is 0 Å². The molecule has 2 N–H and O–H groups in total. The van der Waals surface area contributed by atoms with E-state index in [1.807, 2.05) is 0 Å². The Labute approximate surface area is 163 Å². The van der Waals surface area contributed by atoms with Crippen molar-refractivity contribution >= 4 is 28.9 Å². The number of carboxylic acid groups (broad SMARTS) is 1. The first-order chi connectivity index (χ1) is 13.7. The Bertz CT molecular complexity index is 962. The number of nitro groups is 1. The molecule has 3 rings (SSSR count). The number of piperidine rings is 1. The van der Waals surface area contributed by atoms with Gasteiger partial charge in [0.05, 0.1) is 10.8 Å². The standard InChI is InChI=1S/C19H17F2N3O5/c20-13-7-14(21)9-15(8-13)22-18(25)11-3-4-16(17(6-11)24(28)29)23-5-1-2-12(10-23)19(26)27/h3-4,6-9,12H,1-2,5,10H2,(H,22,25)(H,26,27). The molecule has 0 spiro atoms. The molecule has 0 saturated carbocycles. The second kappa shape index (κ2) is 8.21. The summed E-state index contributed by atoms with van der Waals surface area (Å²) in [5.41, 5.74) is -0.333. The first-order valence-corrected chi connectivity index (χ1v) is 8.78. The van der Waals surface area contributed by atoms with Crippen LogP contribution in [0.2, 0.25) is 0 Å². The van der Waals surface area contributed by atoms with Crippen LogP contribution in [0.5, 0.6) is 0 Å². The zero-order valence-electron chi connectivity index (χ0n) is 15.1. The molecular formula is C19H17F2N3O5. The van der Waals surface area contributed by atoms with Gasteiger partial charge in [-0.1, -0.05) is 0 Å². The number of rotatable bonds is 5. The maximum atomic E-state index is 13.3. The van der Waals surface area contributed by atoms with Crippen molar-refractivity contribution in [3.63, 3.8) is 0 Å². The van der Waals surface area contributed by atoms with Crippen LogP contribution in [-0.2, 0) is 4.79 Å². The number of carbonyl (C=O) groups is 2. The third-order valence-electron chi connectivity index (χ3n) is 4.67. The fraction of sp³-hybridized carbons (Fsp3) is 0.263.